The van der Waals surface area contributed by atoms with E-state index in [9.17, 15) is 4.79 Å². The Morgan fingerprint density at radius 3 is 2.56 bits per heavy atom. The molecule has 0 aliphatic carbocycles. The molecule has 1 aromatic heterocycles. The van der Waals surface area contributed by atoms with Crippen LogP contribution in [0.15, 0.2) is 12.4 Å². The van der Waals surface area contributed by atoms with Gasteiger partial charge < -0.3 is 15.1 Å². The molecule has 1 aromatic rings. The Bertz CT molecular complexity index is 555. The molecule has 0 aromatic carbocycles. The van der Waals surface area contributed by atoms with Crippen LogP contribution in [-0.2, 0) is 0 Å². The van der Waals surface area contributed by atoms with E-state index in [-0.39, 0.29) is 5.91 Å². The van der Waals surface area contributed by atoms with E-state index in [2.05, 4.69) is 32.1 Å². The number of carbonyl (C=O) groups is 1. The second kappa shape index (κ2) is 8.58. The maximum absolute atomic E-state index is 12.6. The fraction of sp³-hybridized carbons (Fsp3) is 0.722. The van der Waals surface area contributed by atoms with Crippen molar-refractivity contribution >= 4 is 11.9 Å². The summed E-state index contributed by atoms with van der Waals surface area (Å²) in [5.74, 6) is 1.38. The number of amides is 1. The van der Waals surface area contributed by atoms with Crippen LogP contribution < -0.4 is 5.32 Å². The lowest BCUT2D eigenvalue weighted by Gasteiger charge is -2.38. The van der Waals surface area contributed by atoms with Crippen molar-refractivity contribution in [2.45, 2.75) is 19.8 Å². The predicted octanol–water partition coefficient (Wildman–Crippen LogP) is 1.01. The SMILES string of the molecule is CCNc1ncc(C(=O)N2CCN(C[C@H]3CCCN(C)C3)CC2)cn1. The average Bonchev–Trinajstić information content (AvgIpc) is 2.63. The number of hydrogen-bond donors (Lipinski definition) is 1. The topological polar surface area (TPSA) is 64.6 Å². The molecule has 0 radical (unpaired) electrons. The van der Waals surface area contributed by atoms with Gasteiger partial charge in [-0.25, -0.2) is 9.97 Å². The van der Waals surface area contributed by atoms with Crippen molar-refractivity contribution in [3.63, 3.8) is 0 Å². The molecular formula is C18H30N6O. The first-order chi connectivity index (χ1) is 12.2. The molecule has 3 rings (SSSR count). The first kappa shape index (κ1) is 18.1. The molecule has 1 N–H and O–H groups in total. The molecule has 0 spiro atoms. The number of hydrogen-bond acceptors (Lipinski definition) is 6. The third kappa shape index (κ3) is 4.89. The van der Waals surface area contributed by atoms with Crippen LogP contribution in [0.2, 0.25) is 0 Å². The third-order valence-electron chi connectivity index (χ3n) is 5.13. The zero-order valence-electron chi connectivity index (χ0n) is 15.4. The normalized spacial score (nSPS) is 22.8. The lowest BCUT2D eigenvalue weighted by molar-refractivity contribution is 0.0588. The van der Waals surface area contributed by atoms with E-state index in [1.165, 1.54) is 25.9 Å². The molecule has 138 valence electrons. The highest BCUT2D eigenvalue weighted by Crippen LogP contribution is 2.17. The highest BCUT2D eigenvalue weighted by Gasteiger charge is 2.25. The molecular weight excluding hydrogens is 316 g/mol. The molecule has 1 atom stereocenters. The Labute approximate surface area is 150 Å². The summed E-state index contributed by atoms with van der Waals surface area (Å²) in [5, 5.41) is 3.04. The van der Waals surface area contributed by atoms with E-state index in [4.69, 9.17) is 0 Å². The standard InChI is InChI=1S/C18H30N6O/c1-3-19-18-20-11-16(12-21-18)17(25)24-9-7-23(8-10-24)14-15-5-4-6-22(2)13-15/h11-12,15H,3-10,13-14H2,1-2H3,(H,19,20,21)/t15-/m0/s1. The zero-order valence-corrected chi connectivity index (χ0v) is 15.4. The van der Waals surface area contributed by atoms with Gasteiger partial charge in [-0.15, -0.1) is 0 Å². The molecule has 0 saturated carbocycles. The highest BCUT2D eigenvalue weighted by molar-refractivity contribution is 5.93. The second-order valence-electron chi connectivity index (χ2n) is 7.19. The van der Waals surface area contributed by atoms with Crippen molar-refractivity contribution in [1.29, 1.82) is 0 Å². The van der Waals surface area contributed by atoms with Gasteiger partial charge in [0.15, 0.2) is 0 Å². The summed E-state index contributed by atoms with van der Waals surface area (Å²) in [6.07, 6.45) is 5.89. The van der Waals surface area contributed by atoms with Gasteiger partial charge in [0, 0.05) is 58.2 Å². The van der Waals surface area contributed by atoms with Crippen LogP contribution in [0.1, 0.15) is 30.1 Å². The fourth-order valence-electron chi connectivity index (χ4n) is 3.79. The number of likely N-dealkylation sites (tertiary alicyclic amines) is 1. The lowest BCUT2D eigenvalue weighted by atomic mass is 9.97. The Morgan fingerprint density at radius 2 is 1.92 bits per heavy atom. The molecule has 7 heteroatoms. The summed E-state index contributed by atoms with van der Waals surface area (Å²) in [6, 6.07) is 0. The Balaban J connectivity index is 1.47. The van der Waals surface area contributed by atoms with Gasteiger partial charge in [-0.1, -0.05) is 0 Å². The third-order valence-corrected chi connectivity index (χ3v) is 5.13. The molecule has 0 bridgehead atoms. The highest BCUT2D eigenvalue weighted by atomic mass is 16.2. The van der Waals surface area contributed by atoms with E-state index in [1.807, 2.05) is 11.8 Å². The molecule has 1 amide bonds. The number of anilines is 1. The number of aromatic nitrogens is 2. The van der Waals surface area contributed by atoms with Crippen LogP contribution >= 0.6 is 0 Å². The molecule has 2 aliphatic heterocycles. The first-order valence-corrected chi connectivity index (χ1v) is 9.41. The average molecular weight is 346 g/mol. The Morgan fingerprint density at radius 1 is 1.20 bits per heavy atom. The smallest absolute Gasteiger partial charge is 0.257 e. The summed E-state index contributed by atoms with van der Waals surface area (Å²) in [4.78, 5) is 27.9. The summed E-state index contributed by atoms with van der Waals surface area (Å²) < 4.78 is 0. The minimum Gasteiger partial charge on any atom is -0.355 e. The van der Waals surface area contributed by atoms with Gasteiger partial charge in [0.25, 0.3) is 5.91 Å². The number of carbonyl (C=O) groups excluding carboxylic acids is 1. The van der Waals surface area contributed by atoms with E-state index in [1.54, 1.807) is 12.4 Å². The van der Waals surface area contributed by atoms with Gasteiger partial charge in [-0.05, 0) is 39.3 Å². The van der Waals surface area contributed by atoms with Crippen molar-refractivity contribution in [2.75, 3.05) is 64.7 Å². The van der Waals surface area contributed by atoms with Crippen LogP contribution in [0.3, 0.4) is 0 Å². The maximum atomic E-state index is 12.6. The first-order valence-electron chi connectivity index (χ1n) is 9.41. The summed E-state index contributed by atoms with van der Waals surface area (Å²) in [6.45, 7) is 9.85. The van der Waals surface area contributed by atoms with Gasteiger partial charge in [0.1, 0.15) is 0 Å². The molecule has 0 unspecified atom stereocenters. The maximum Gasteiger partial charge on any atom is 0.257 e. The Hall–Kier alpha value is -1.73. The molecule has 7 nitrogen and oxygen atoms in total. The summed E-state index contributed by atoms with van der Waals surface area (Å²) in [7, 11) is 2.21. The summed E-state index contributed by atoms with van der Waals surface area (Å²) >= 11 is 0. The van der Waals surface area contributed by atoms with Gasteiger partial charge >= 0.3 is 0 Å². The minimum absolute atomic E-state index is 0.0418. The van der Waals surface area contributed by atoms with Crippen LogP contribution in [0.4, 0.5) is 5.95 Å². The number of nitrogens with zero attached hydrogens (tertiary/aromatic N) is 5. The zero-order chi connectivity index (χ0) is 17.6. The van der Waals surface area contributed by atoms with Crippen molar-refractivity contribution in [1.82, 2.24) is 24.7 Å². The fourth-order valence-corrected chi connectivity index (χ4v) is 3.79. The van der Waals surface area contributed by atoms with Crippen LogP contribution in [0.25, 0.3) is 0 Å². The molecule has 2 fully saturated rings. The number of rotatable bonds is 5. The largest absolute Gasteiger partial charge is 0.355 e. The van der Waals surface area contributed by atoms with Gasteiger partial charge in [-0.3, -0.25) is 9.69 Å². The Kier molecular flexibility index (Phi) is 6.20. The number of piperidine rings is 1. The minimum atomic E-state index is 0.0418. The molecule has 2 aliphatic rings. The molecule has 25 heavy (non-hydrogen) atoms. The van der Waals surface area contributed by atoms with Crippen LogP contribution in [0, 0.1) is 5.92 Å². The van der Waals surface area contributed by atoms with E-state index in [0.717, 1.165) is 45.2 Å². The van der Waals surface area contributed by atoms with Gasteiger partial charge in [0.05, 0.1) is 5.56 Å². The van der Waals surface area contributed by atoms with Crippen LogP contribution in [0.5, 0.6) is 0 Å². The van der Waals surface area contributed by atoms with Crippen molar-refractivity contribution < 1.29 is 4.79 Å². The number of nitrogens with one attached hydrogen (secondary N) is 1. The quantitative estimate of drug-likeness (QED) is 0.858. The molecule has 2 saturated heterocycles. The van der Waals surface area contributed by atoms with Crippen molar-refractivity contribution in [2.24, 2.45) is 5.92 Å². The monoisotopic (exact) mass is 346 g/mol. The second-order valence-corrected chi connectivity index (χ2v) is 7.19. The predicted molar refractivity (Wildman–Crippen MR) is 98.8 cm³/mol. The van der Waals surface area contributed by atoms with Crippen molar-refractivity contribution in [3.8, 4) is 0 Å². The van der Waals surface area contributed by atoms with E-state index >= 15 is 0 Å². The van der Waals surface area contributed by atoms with Gasteiger partial charge in [-0.2, -0.15) is 0 Å². The summed E-state index contributed by atoms with van der Waals surface area (Å²) in [5.41, 5.74) is 0.573. The molecule has 3 heterocycles. The van der Waals surface area contributed by atoms with Gasteiger partial charge in [0.2, 0.25) is 5.95 Å². The van der Waals surface area contributed by atoms with E-state index < -0.39 is 0 Å². The van der Waals surface area contributed by atoms with Crippen LogP contribution in [-0.4, -0.2) is 90.0 Å². The lowest BCUT2D eigenvalue weighted by Crippen LogP contribution is -2.51. The van der Waals surface area contributed by atoms with E-state index in [0.29, 0.717) is 11.5 Å². The number of piperazine rings is 1. The van der Waals surface area contributed by atoms with Crippen molar-refractivity contribution in [3.05, 3.63) is 18.0 Å².